The number of hydrogen-bond donors (Lipinski definition) is 0. The largest absolute Gasteiger partial charge is 0.0802 e. The summed E-state index contributed by atoms with van der Waals surface area (Å²) in [6.45, 7) is 0. The lowest BCUT2D eigenvalue weighted by atomic mass is 9.87. The first-order valence-corrected chi connectivity index (χ1v) is 5.71. The topological polar surface area (TPSA) is 0 Å². The SMILES string of the molecule is [CH]1C=CC=C2Cc3ccccc3CC[C@H]12. The Morgan fingerprint density at radius 1 is 1.00 bits per heavy atom. The third kappa shape index (κ3) is 1.65. The predicted molar refractivity (Wildman–Crippen MR) is 63.5 cm³/mol. The first-order chi connectivity index (χ1) is 7.43. The van der Waals surface area contributed by atoms with Gasteiger partial charge < -0.3 is 0 Å². The molecule has 0 heteroatoms. The number of hydrogen-bond acceptors (Lipinski definition) is 0. The maximum absolute atomic E-state index is 2.35. The van der Waals surface area contributed by atoms with Crippen LogP contribution in [0.3, 0.4) is 0 Å². The lowest BCUT2D eigenvalue weighted by Gasteiger charge is -2.18. The number of rotatable bonds is 0. The summed E-state index contributed by atoms with van der Waals surface area (Å²) in [4.78, 5) is 0. The van der Waals surface area contributed by atoms with E-state index >= 15 is 0 Å². The van der Waals surface area contributed by atoms with Crippen LogP contribution < -0.4 is 0 Å². The second-order valence-corrected chi connectivity index (χ2v) is 4.41. The quantitative estimate of drug-likeness (QED) is 0.594. The van der Waals surface area contributed by atoms with E-state index in [4.69, 9.17) is 0 Å². The summed E-state index contributed by atoms with van der Waals surface area (Å²) in [6.07, 6.45) is 12.6. The Hall–Kier alpha value is -1.30. The zero-order chi connectivity index (χ0) is 10.1. The van der Waals surface area contributed by atoms with Gasteiger partial charge >= 0.3 is 0 Å². The molecule has 0 spiro atoms. The molecule has 0 N–H and O–H groups in total. The van der Waals surface area contributed by atoms with Crippen LogP contribution in [0.1, 0.15) is 17.5 Å². The zero-order valence-corrected chi connectivity index (χ0v) is 8.82. The Balaban J connectivity index is 1.99. The second-order valence-electron chi connectivity index (χ2n) is 4.41. The maximum Gasteiger partial charge on any atom is -0.00583 e. The summed E-state index contributed by atoms with van der Waals surface area (Å²) in [6, 6.07) is 8.86. The minimum atomic E-state index is 0.683. The fourth-order valence-electron chi connectivity index (χ4n) is 2.60. The van der Waals surface area contributed by atoms with Gasteiger partial charge in [0.15, 0.2) is 0 Å². The van der Waals surface area contributed by atoms with Crippen molar-refractivity contribution >= 4 is 0 Å². The van der Waals surface area contributed by atoms with Gasteiger partial charge in [-0.25, -0.2) is 0 Å². The summed E-state index contributed by atoms with van der Waals surface area (Å²) >= 11 is 0. The molecule has 1 radical (unpaired) electrons. The highest BCUT2D eigenvalue weighted by atomic mass is 14.2. The molecule has 0 fully saturated rings. The molecule has 1 aromatic rings. The van der Waals surface area contributed by atoms with Gasteiger partial charge in [-0.2, -0.15) is 0 Å². The Morgan fingerprint density at radius 2 is 1.87 bits per heavy atom. The van der Waals surface area contributed by atoms with Crippen molar-refractivity contribution in [1.82, 2.24) is 0 Å². The highest BCUT2D eigenvalue weighted by molar-refractivity contribution is 5.38. The van der Waals surface area contributed by atoms with E-state index < -0.39 is 0 Å². The van der Waals surface area contributed by atoms with Gasteiger partial charge in [0, 0.05) is 0 Å². The normalized spacial score (nSPS) is 23.7. The predicted octanol–water partition coefficient (Wildman–Crippen LogP) is 3.49. The Kier molecular flexibility index (Phi) is 2.21. The van der Waals surface area contributed by atoms with E-state index in [0.29, 0.717) is 5.92 Å². The van der Waals surface area contributed by atoms with Gasteiger partial charge in [-0.15, -0.1) is 0 Å². The van der Waals surface area contributed by atoms with Crippen molar-refractivity contribution < 1.29 is 0 Å². The van der Waals surface area contributed by atoms with Crippen LogP contribution in [-0.4, -0.2) is 0 Å². The van der Waals surface area contributed by atoms with Gasteiger partial charge in [0.25, 0.3) is 0 Å². The molecule has 2 aliphatic carbocycles. The molecule has 0 heterocycles. The van der Waals surface area contributed by atoms with Crippen molar-refractivity contribution in [2.45, 2.75) is 19.3 Å². The minimum Gasteiger partial charge on any atom is -0.0802 e. The smallest absolute Gasteiger partial charge is 0.00583 e. The third-order valence-corrected chi connectivity index (χ3v) is 3.48. The van der Waals surface area contributed by atoms with Gasteiger partial charge in [0.2, 0.25) is 0 Å². The van der Waals surface area contributed by atoms with E-state index in [1.165, 1.54) is 18.4 Å². The fourth-order valence-corrected chi connectivity index (χ4v) is 2.60. The van der Waals surface area contributed by atoms with Crippen molar-refractivity contribution in [1.29, 1.82) is 0 Å². The van der Waals surface area contributed by atoms with E-state index in [2.05, 4.69) is 48.9 Å². The molecule has 0 unspecified atom stereocenters. The summed E-state index contributed by atoms with van der Waals surface area (Å²) in [5, 5.41) is 0. The van der Waals surface area contributed by atoms with Gasteiger partial charge in [-0.3, -0.25) is 0 Å². The standard InChI is InChI=1S/C15H15/c1-3-7-14-11-15-8-4-2-6-13(15)10-9-12(14)5-1/h1-8,12H,9-11H2/t12-/m0/s1. The second kappa shape index (κ2) is 3.69. The fraction of sp³-hybridized carbons (Fsp3) is 0.267. The summed E-state index contributed by atoms with van der Waals surface area (Å²) in [7, 11) is 0. The molecule has 3 rings (SSSR count). The molecule has 0 amide bonds. The highest BCUT2D eigenvalue weighted by Gasteiger charge is 2.20. The number of aryl methyl sites for hydroxylation is 1. The molecule has 0 saturated heterocycles. The number of fused-ring (bicyclic) bond motifs is 2. The third-order valence-electron chi connectivity index (χ3n) is 3.48. The van der Waals surface area contributed by atoms with Crippen molar-refractivity contribution in [3.05, 3.63) is 65.6 Å². The van der Waals surface area contributed by atoms with E-state index in [9.17, 15) is 0 Å². The molecule has 0 saturated carbocycles. The minimum absolute atomic E-state index is 0.683. The van der Waals surface area contributed by atoms with Gasteiger partial charge in [0.05, 0.1) is 0 Å². The molecule has 75 valence electrons. The van der Waals surface area contributed by atoms with Crippen LogP contribution in [0.15, 0.2) is 48.1 Å². The lowest BCUT2D eigenvalue weighted by molar-refractivity contribution is 0.646. The van der Waals surface area contributed by atoms with Gasteiger partial charge in [-0.05, 0) is 42.7 Å². The van der Waals surface area contributed by atoms with Crippen LogP contribution in [0.5, 0.6) is 0 Å². The molecule has 0 aliphatic heterocycles. The average Bonchev–Trinajstić information content (AvgIpc) is 2.48. The van der Waals surface area contributed by atoms with Crippen LogP contribution >= 0.6 is 0 Å². The van der Waals surface area contributed by atoms with Gasteiger partial charge in [-0.1, -0.05) is 48.1 Å². The molecule has 1 aromatic carbocycles. The molecule has 2 aliphatic rings. The molecular formula is C15H15. The van der Waals surface area contributed by atoms with Crippen molar-refractivity contribution in [3.8, 4) is 0 Å². The average molecular weight is 195 g/mol. The maximum atomic E-state index is 2.35. The molecule has 1 atom stereocenters. The van der Waals surface area contributed by atoms with E-state index in [0.717, 1.165) is 6.42 Å². The first-order valence-electron chi connectivity index (χ1n) is 5.71. The van der Waals surface area contributed by atoms with Crippen LogP contribution in [0.25, 0.3) is 0 Å². The van der Waals surface area contributed by atoms with E-state index in [1.54, 1.807) is 11.1 Å². The van der Waals surface area contributed by atoms with Gasteiger partial charge in [0.1, 0.15) is 0 Å². The molecule has 0 aromatic heterocycles. The van der Waals surface area contributed by atoms with Crippen molar-refractivity contribution in [3.63, 3.8) is 0 Å². The lowest BCUT2D eigenvalue weighted by Crippen LogP contribution is -2.06. The van der Waals surface area contributed by atoms with Crippen molar-refractivity contribution in [2.75, 3.05) is 0 Å². The molecule has 15 heavy (non-hydrogen) atoms. The first kappa shape index (κ1) is 8.96. The molecular weight excluding hydrogens is 180 g/mol. The Labute approximate surface area is 91.3 Å². The molecule has 0 bridgehead atoms. The highest BCUT2D eigenvalue weighted by Crippen LogP contribution is 2.32. The molecule has 0 nitrogen and oxygen atoms in total. The van der Waals surface area contributed by atoms with Crippen LogP contribution in [0.2, 0.25) is 0 Å². The number of benzene rings is 1. The van der Waals surface area contributed by atoms with Crippen LogP contribution in [-0.2, 0) is 12.8 Å². The summed E-state index contributed by atoms with van der Waals surface area (Å²) in [5.41, 5.74) is 4.65. The van der Waals surface area contributed by atoms with E-state index in [1.807, 2.05) is 0 Å². The number of allylic oxidation sites excluding steroid dienone is 4. The zero-order valence-electron chi connectivity index (χ0n) is 8.82. The van der Waals surface area contributed by atoms with Crippen LogP contribution in [0.4, 0.5) is 0 Å². The summed E-state index contributed by atoms with van der Waals surface area (Å²) < 4.78 is 0. The van der Waals surface area contributed by atoms with Crippen molar-refractivity contribution in [2.24, 2.45) is 5.92 Å². The Bertz CT molecular complexity index is 423. The van der Waals surface area contributed by atoms with Crippen LogP contribution in [0, 0.1) is 12.3 Å². The monoisotopic (exact) mass is 195 g/mol. The Morgan fingerprint density at radius 3 is 2.80 bits per heavy atom. The van der Waals surface area contributed by atoms with E-state index in [-0.39, 0.29) is 0 Å². The summed E-state index contributed by atoms with van der Waals surface area (Å²) in [5.74, 6) is 0.683.